The molecule has 1 aliphatic rings. The number of nitro benzene ring substituents is 1. The van der Waals surface area contributed by atoms with Gasteiger partial charge in [0.05, 0.1) is 16.3 Å². The number of aliphatic imine (C=N–C) groups is 1. The number of nitro groups is 1. The molecule has 3 aromatic rings. The van der Waals surface area contributed by atoms with Crippen LogP contribution in [0.4, 0.5) is 20.6 Å². The number of carbonyl (C=O) groups is 2. The van der Waals surface area contributed by atoms with Gasteiger partial charge in [0.25, 0.3) is 11.6 Å². The lowest BCUT2D eigenvalue weighted by molar-refractivity contribution is -0.384. The molecule has 3 aromatic carbocycles. The van der Waals surface area contributed by atoms with Gasteiger partial charge in [-0.2, -0.15) is 0 Å². The van der Waals surface area contributed by atoms with Gasteiger partial charge in [0.1, 0.15) is 11.6 Å². The number of nitrogens with zero attached hydrogens (tertiary/aromatic N) is 3. The van der Waals surface area contributed by atoms with Gasteiger partial charge in [-0.1, -0.05) is 30.3 Å². The number of likely N-dealkylation sites (N-methyl/N-ethyl adjacent to an activating group) is 1. The summed E-state index contributed by atoms with van der Waals surface area (Å²) in [5.41, 5.74) is 1.22. The van der Waals surface area contributed by atoms with E-state index in [0.29, 0.717) is 11.3 Å². The third kappa shape index (κ3) is 4.40. The number of halogens is 1. The predicted octanol–water partition coefficient (Wildman–Crippen LogP) is 3.66. The van der Waals surface area contributed by atoms with Gasteiger partial charge in [0.15, 0.2) is 0 Å². The molecule has 166 valence electrons. The zero-order valence-corrected chi connectivity index (χ0v) is 17.3. The second-order valence-electron chi connectivity index (χ2n) is 7.06. The van der Waals surface area contributed by atoms with Gasteiger partial charge in [-0.25, -0.2) is 14.2 Å². The zero-order chi connectivity index (χ0) is 23.5. The fourth-order valence-electron chi connectivity index (χ4n) is 3.37. The standard InChI is InChI=1S/C23H17FN4O5/c1-27-19-9-5-3-7-17(19)20(16-6-2-4-8-18(16)24)25-21(22(27)29)26-23(30)33-15-12-10-14(11-13-15)28(31)32/h2-13,21H,1H3,(H,26,30). The van der Waals surface area contributed by atoms with Gasteiger partial charge < -0.3 is 9.64 Å². The number of nitrogens with one attached hydrogen (secondary N) is 1. The molecule has 0 spiro atoms. The van der Waals surface area contributed by atoms with E-state index in [1.165, 1.54) is 54.4 Å². The van der Waals surface area contributed by atoms with Crippen LogP contribution in [0.15, 0.2) is 77.8 Å². The first kappa shape index (κ1) is 21.6. The maximum absolute atomic E-state index is 14.6. The molecule has 0 saturated heterocycles. The predicted molar refractivity (Wildman–Crippen MR) is 118 cm³/mol. The van der Waals surface area contributed by atoms with E-state index in [1.807, 2.05) is 0 Å². The van der Waals surface area contributed by atoms with Crippen molar-refractivity contribution in [2.24, 2.45) is 4.99 Å². The Morgan fingerprint density at radius 1 is 1.06 bits per heavy atom. The van der Waals surface area contributed by atoms with Crippen molar-refractivity contribution in [3.63, 3.8) is 0 Å². The maximum Gasteiger partial charge on any atom is 0.414 e. The highest BCUT2D eigenvalue weighted by atomic mass is 19.1. The largest absolute Gasteiger partial charge is 0.414 e. The Bertz CT molecular complexity index is 1280. The number of anilines is 1. The molecule has 0 bridgehead atoms. The van der Waals surface area contributed by atoms with Gasteiger partial charge in [-0.15, -0.1) is 0 Å². The second kappa shape index (κ2) is 8.87. The lowest BCUT2D eigenvalue weighted by Crippen LogP contribution is -2.47. The first-order valence-corrected chi connectivity index (χ1v) is 9.77. The molecule has 4 rings (SSSR count). The Morgan fingerprint density at radius 2 is 1.70 bits per heavy atom. The average molecular weight is 448 g/mol. The fraction of sp³-hybridized carbons (Fsp3) is 0.0870. The van der Waals surface area contributed by atoms with Crippen LogP contribution in [-0.4, -0.2) is 35.8 Å². The van der Waals surface area contributed by atoms with E-state index in [1.54, 1.807) is 30.3 Å². The van der Waals surface area contributed by atoms with Crippen LogP contribution in [0.25, 0.3) is 0 Å². The molecular weight excluding hydrogens is 431 g/mol. The molecule has 2 amide bonds. The van der Waals surface area contributed by atoms with E-state index in [9.17, 15) is 24.1 Å². The van der Waals surface area contributed by atoms with Crippen molar-refractivity contribution >= 4 is 29.1 Å². The Hall–Kier alpha value is -4.60. The first-order valence-electron chi connectivity index (χ1n) is 9.77. The molecule has 1 N–H and O–H groups in total. The molecule has 1 aliphatic heterocycles. The summed E-state index contributed by atoms with van der Waals surface area (Å²) in [7, 11) is 1.53. The van der Waals surface area contributed by atoms with E-state index in [4.69, 9.17) is 4.74 Å². The minimum atomic E-state index is -1.40. The number of amides is 2. The van der Waals surface area contributed by atoms with E-state index in [-0.39, 0.29) is 22.7 Å². The Morgan fingerprint density at radius 3 is 2.36 bits per heavy atom. The third-order valence-corrected chi connectivity index (χ3v) is 4.98. The number of rotatable bonds is 4. The number of benzene rings is 3. The molecular formula is C23H17FN4O5. The fourth-order valence-corrected chi connectivity index (χ4v) is 3.37. The number of non-ortho nitro benzene ring substituents is 1. The summed E-state index contributed by atoms with van der Waals surface area (Å²) >= 11 is 0. The number of hydrogen-bond donors (Lipinski definition) is 1. The van der Waals surface area contributed by atoms with Crippen LogP contribution in [-0.2, 0) is 4.79 Å². The topological polar surface area (TPSA) is 114 Å². The summed E-state index contributed by atoms with van der Waals surface area (Å²) in [4.78, 5) is 41.4. The molecule has 33 heavy (non-hydrogen) atoms. The summed E-state index contributed by atoms with van der Waals surface area (Å²) in [5.74, 6) is -1.06. The van der Waals surface area contributed by atoms with E-state index in [2.05, 4.69) is 10.3 Å². The maximum atomic E-state index is 14.6. The minimum absolute atomic E-state index is 0.0362. The van der Waals surface area contributed by atoms with Crippen LogP contribution in [0.2, 0.25) is 0 Å². The lowest BCUT2D eigenvalue weighted by Gasteiger charge is -2.20. The first-order chi connectivity index (χ1) is 15.8. The number of fused-ring (bicyclic) bond motifs is 1. The van der Waals surface area contributed by atoms with Crippen molar-refractivity contribution in [1.82, 2.24) is 5.32 Å². The number of hydrogen-bond acceptors (Lipinski definition) is 6. The third-order valence-electron chi connectivity index (χ3n) is 4.98. The highest BCUT2D eigenvalue weighted by molar-refractivity contribution is 6.20. The summed E-state index contributed by atoms with van der Waals surface area (Å²) in [5, 5.41) is 13.1. The highest BCUT2D eigenvalue weighted by Gasteiger charge is 2.32. The van der Waals surface area contributed by atoms with Crippen molar-refractivity contribution in [1.29, 1.82) is 0 Å². The van der Waals surface area contributed by atoms with Crippen molar-refractivity contribution in [2.75, 3.05) is 11.9 Å². The summed E-state index contributed by atoms with van der Waals surface area (Å²) in [6.07, 6.45) is -2.40. The molecule has 0 fully saturated rings. The van der Waals surface area contributed by atoms with Crippen molar-refractivity contribution < 1.29 is 23.6 Å². The highest BCUT2D eigenvalue weighted by Crippen LogP contribution is 2.28. The average Bonchev–Trinajstić information content (AvgIpc) is 2.90. The Kier molecular flexibility index (Phi) is 5.81. The van der Waals surface area contributed by atoms with E-state index >= 15 is 0 Å². The van der Waals surface area contributed by atoms with Crippen LogP contribution in [0.3, 0.4) is 0 Å². The van der Waals surface area contributed by atoms with Gasteiger partial charge >= 0.3 is 6.09 Å². The smallest absolute Gasteiger partial charge is 0.410 e. The molecule has 9 nitrogen and oxygen atoms in total. The number of para-hydroxylation sites is 1. The number of benzodiazepines with no additional fused rings is 1. The molecule has 1 atom stereocenters. The Balaban J connectivity index is 1.66. The van der Waals surface area contributed by atoms with Crippen LogP contribution in [0.1, 0.15) is 11.1 Å². The summed E-state index contributed by atoms with van der Waals surface area (Å²) < 4.78 is 19.8. The zero-order valence-electron chi connectivity index (χ0n) is 17.3. The lowest BCUT2D eigenvalue weighted by atomic mass is 10.00. The molecule has 1 heterocycles. The summed E-state index contributed by atoms with van der Waals surface area (Å²) in [6, 6.07) is 17.7. The molecule has 0 saturated carbocycles. The van der Waals surface area contributed by atoms with Crippen molar-refractivity contribution in [3.8, 4) is 5.75 Å². The van der Waals surface area contributed by atoms with Gasteiger partial charge in [0.2, 0.25) is 6.17 Å². The van der Waals surface area contributed by atoms with Crippen molar-refractivity contribution in [2.45, 2.75) is 6.17 Å². The Labute approximate surface area is 187 Å². The van der Waals surface area contributed by atoms with E-state index < -0.39 is 28.9 Å². The second-order valence-corrected chi connectivity index (χ2v) is 7.06. The van der Waals surface area contributed by atoms with E-state index in [0.717, 1.165) is 0 Å². The quantitative estimate of drug-likeness (QED) is 0.483. The number of ether oxygens (including phenoxy) is 1. The molecule has 10 heteroatoms. The van der Waals surface area contributed by atoms with Crippen LogP contribution >= 0.6 is 0 Å². The van der Waals surface area contributed by atoms with Crippen LogP contribution in [0, 0.1) is 15.9 Å². The van der Waals surface area contributed by atoms with Gasteiger partial charge in [-0.3, -0.25) is 20.2 Å². The monoisotopic (exact) mass is 448 g/mol. The normalized spacial score (nSPS) is 15.2. The SMILES string of the molecule is CN1C(=O)C(NC(=O)Oc2ccc([N+](=O)[O-])cc2)N=C(c2ccccc2F)c2ccccc21. The van der Waals surface area contributed by atoms with Crippen LogP contribution < -0.4 is 15.0 Å². The van der Waals surface area contributed by atoms with Gasteiger partial charge in [0, 0.05) is 30.3 Å². The molecule has 0 aliphatic carbocycles. The number of carbonyl (C=O) groups excluding carboxylic acids is 2. The molecule has 0 radical (unpaired) electrons. The molecule has 1 unspecified atom stereocenters. The summed E-state index contributed by atoms with van der Waals surface area (Å²) in [6.45, 7) is 0. The molecule has 0 aromatic heterocycles. The van der Waals surface area contributed by atoms with Crippen molar-refractivity contribution in [3.05, 3.63) is 99.9 Å². The van der Waals surface area contributed by atoms with Gasteiger partial charge in [-0.05, 0) is 30.3 Å². The minimum Gasteiger partial charge on any atom is -0.410 e. The van der Waals surface area contributed by atoms with Crippen LogP contribution in [0.5, 0.6) is 5.75 Å².